The predicted octanol–water partition coefficient (Wildman–Crippen LogP) is 5.73. The number of nitrogens with one attached hydrogen (secondary N) is 1. The minimum Gasteiger partial charge on any atom is -0.438 e. The van der Waals surface area contributed by atoms with E-state index in [9.17, 15) is 26.7 Å². The number of aryl methyl sites for hydroxylation is 1. The van der Waals surface area contributed by atoms with E-state index in [1.165, 1.54) is 6.07 Å². The summed E-state index contributed by atoms with van der Waals surface area (Å²) in [7, 11) is 0. The summed E-state index contributed by atoms with van der Waals surface area (Å²) in [4.78, 5) is 16.3. The first-order chi connectivity index (χ1) is 13.6. The second kappa shape index (κ2) is 7.86. The number of aromatic nitrogens is 1. The van der Waals surface area contributed by atoms with E-state index in [2.05, 4.69) is 4.98 Å². The minimum atomic E-state index is -4.90. The van der Waals surface area contributed by atoms with Crippen molar-refractivity contribution in [3.05, 3.63) is 83.1 Å². The zero-order chi connectivity index (χ0) is 21.2. The Bertz CT molecular complexity index is 1070. The molecule has 2 aromatic carbocycles. The quantitative estimate of drug-likeness (QED) is 0.561. The molecule has 1 N–H and O–H groups in total. The maximum atomic E-state index is 13.8. The SMILES string of the molecule is Cc1cccc(Oc2nccc(C(F)(F)F)c2C(=O)Nc2ccc(F)cc2F)c1. The Morgan fingerprint density at radius 3 is 2.48 bits per heavy atom. The van der Waals surface area contributed by atoms with Gasteiger partial charge in [0.05, 0.1) is 11.3 Å². The number of amides is 1. The Labute approximate surface area is 162 Å². The molecule has 0 aliphatic carbocycles. The number of pyridine rings is 1. The molecule has 0 saturated heterocycles. The van der Waals surface area contributed by atoms with Crippen LogP contribution in [0.15, 0.2) is 54.7 Å². The highest BCUT2D eigenvalue weighted by atomic mass is 19.4. The second-order valence-electron chi connectivity index (χ2n) is 6.03. The average molecular weight is 408 g/mol. The largest absolute Gasteiger partial charge is 0.438 e. The van der Waals surface area contributed by atoms with Gasteiger partial charge in [-0.3, -0.25) is 4.79 Å². The Kier molecular flexibility index (Phi) is 5.49. The number of ether oxygens (including phenoxy) is 1. The van der Waals surface area contributed by atoms with E-state index < -0.39 is 46.4 Å². The van der Waals surface area contributed by atoms with Gasteiger partial charge >= 0.3 is 6.18 Å². The van der Waals surface area contributed by atoms with Gasteiger partial charge in [-0.1, -0.05) is 12.1 Å². The van der Waals surface area contributed by atoms with Crippen LogP contribution in [0.3, 0.4) is 0 Å². The van der Waals surface area contributed by atoms with Crippen molar-refractivity contribution in [3.63, 3.8) is 0 Å². The van der Waals surface area contributed by atoms with Crippen molar-refractivity contribution in [2.45, 2.75) is 13.1 Å². The summed E-state index contributed by atoms with van der Waals surface area (Å²) in [5.74, 6) is -3.79. The Morgan fingerprint density at radius 2 is 1.83 bits per heavy atom. The van der Waals surface area contributed by atoms with E-state index in [0.29, 0.717) is 12.1 Å². The van der Waals surface area contributed by atoms with Gasteiger partial charge in [0.2, 0.25) is 5.88 Å². The van der Waals surface area contributed by atoms with Gasteiger partial charge in [-0.25, -0.2) is 13.8 Å². The molecule has 0 aliphatic rings. The van der Waals surface area contributed by atoms with E-state index in [4.69, 9.17) is 4.74 Å². The molecule has 0 unspecified atom stereocenters. The third-order valence-electron chi connectivity index (χ3n) is 3.83. The second-order valence-corrected chi connectivity index (χ2v) is 6.03. The van der Waals surface area contributed by atoms with Crippen molar-refractivity contribution >= 4 is 11.6 Å². The topological polar surface area (TPSA) is 51.2 Å². The lowest BCUT2D eigenvalue weighted by molar-refractivity contribution is -0.138. The normalized spacial score (nSPS) is 11.2. The van der Waals surface area contributed by atoms with Crippen LogP contribution in [-0.2, 0) is 6.18 Å². The molecule has 0 radical (unpaired) electrons. The zero-order valence-electron chi connectivity index (χ0n) is 14.8. The van der Waals surface area contributed by atoms with Gasteiger partial charge in [-0.15, -0.1) is 0 Å². The number of anilines is 1. The van der Waals surface area contributed by atoms with Gasteiger partial charge in [0, 0.05) is 12.3 Å². The Morgan fingerprint density at radius 1 is 1.07 bits per heavy atom. The van der Waals surface area contributed by atoms with Crippen LogP contribution in [0.2, 0.25) is 0 Å². The standard InChI is InChI=1S/C20H13F5N2O2/c1-11-3-2-4-13(9-11)29-19-17(14(7-8-26-19)20(23,24)25)18(28)27-16-6-5-12(21)10-15(16)22/h2-10H,1H3,(H,27,28). The fourth-order valence-corrected chi connectivity index (χ4v) is 2.54. The highest BCUT2D eigenvalue weighted by Gasteiger charge is 2.38. The highest BCUT2D eigenvalue weighted by molar-refractivity contribution is 6.07. The van der Waals surface area contributed by atoms with Gasteiger partial charge in [-0.05, 0) is 42.8 Å². The molecule has 1 amide bonds. The van der Waals surface area contributed by atoms with E-state index in [1.807, 2.05) is 5.32 Å². The summed E-state index contributed by atoms with van der Waals surface area (Å²) < 4.78 is 72.7. The van der Waals surface area contributed by atoms with Crippen molar-refractivity contribution < 1.29 is 31.5 Å². The Balaban J connectivity index is 2.05. The first-order valence-corrected chi connectivity index (χ1v) is 8.22. The van der Waals surface area contributed by atoms with Crippen LogP contribution in [0.1, 0.15) is 21.5 Å². The van der Waals surface area contributed by atoms with Gasteiger partial charge in [0.15, 0.2) is 0 Å². The summed E-state index contributed by atoms with van der Waals surface area (Å²) >= 11 is 0. The first-order valence-electron chi connectivity index (χ1n) is 8.22. The lowest BCUT2D eigenvalue weighted by Crippen LogP contribution is -2.21. The summed E-state index contributed by atoms with van der Waals surface area (Å²) in [5.41, 5.74) is -1.95. The maximum Gasteiger partial charge on any atom is 0.417 e. The number of hydrogen-bond acceptors (Lipinski definition) is 3. The van der Waals surface area contributed by atoms with E-state index in [-0.39, 0.29) is 5.75 Å². The molecule has 0 spiro atoms. The molecule has 29 heavy (non-hydrogen) atoms. The van der Waals surface area contributed by atoms with Gasteiger partial charge in [-0.2, -0.15) is 13.2 Å². The molecular formula is C20H13F5N2O2. The summed E-state index contributed by atoms with van der Waals surface area (Å²) in [6.07, 6.45) is -4.05. The summed E-state index contributed by atoms with van der Waals surface area (Å²) in [6.45, 7) is 1.75. The molecule has 1 heterocycles. The van der Waals surface area contributed by atoms with Crippen LogP contribution in [0.4, 0.5) is 27.6 Å². The van der Waals surface area contributed by atoms with Crippen molar-refractivity contribution in [2.75, 3.05) is 5.32 Å². The molecule has 3 aromatic rings. The van der Waals surface area contributed by atoms with Crippen molar-refractivity contribution in [1.29, 1.82) is 0 Å². The Hall–Kier alpha value is -3.49. The molecule has 4 nitrogen and oxygen atoms in total. The van der Waals surface area contributed by atoms with E-state index in [1.54, 1.807) is 25.1 Å². The van der Waals surface area contributed by atoms with Crippen LogP contribution >= 0.6 is 0 Å². The molecule has 3 rings (SSSR count). The molecule has 0 fully saturated rings. The number of alkyl halides is 3. The fourth-order valence-electron chi connectivity index (χ4n) is 2.54. The monoisotopic (exact) mass is 408 g/mol. The van der Waals surface area contributed by atoms with Gasteiger partial charge in [0.1, 0.15) is 22.9 Å². The molecule has 0 aliphatic heterocycles. The molecule has 1 aromatic heterocycles. The summed E-state index contributed by atoms with van der Waals surface area (Å²) in [6, 6.07) is 9.25. The van der Waals surface area contributed by atoms with E-state index in [0.717, 1.165) is 23.9 Å². The number of hydrogen-bond donors (Lipinski definition) is 1. The molecular weight excluding hydrogens is 395 g/mol. The van der Waals surface area contributed by atoms with Crippen molar-refractivity contribution in [3.8, 4) is 11.6 Å². The number of carbonyl (C=O) groups is 1. The third-order valence-corrected chi connectivity index (χ3v) is 3.83. The first kappa shape index (κ1) is 20.2. The van der Waals surface area contributed by atoms with Gasteiger partial charge in [0.25, 0.3) is 5.91 Å². The third kappa shape index (κ3) is 4.68. The number of halogens is 5. The summed E-state index contributed by atoms with van der Waals surface area (Å²) in [5, 5.41) is 2.00. The number of benzene rings is 2. The van der Waals surface area contributed by atoms with Crippen LogP contribution in [0.5, 0.6) is 11.6 Å². The number of nitrogens with zero attached hydrogens (tertiary/aromatic N) is 1. The molecule has 9 heteroatoms. The van der Waals surface area contributed by atoms with E-state index >= 15 is 0 Å². The predicted molar refractivity (Wildman–Crippen MR) is 94.8 cm³/mol. The van der Waals surface area contributed by atoms with Gasteiger partial charge < -0.3 is 10.1 Å². The molecule has 0 atom stereocenters. The van der Waals surface area contributed by atoms with Crippen molar-refractivity contribution in [2.24, 2.45) is 0 Å². The molecule has 0 bridgehead atoms. The lowest BCUT2D eigenvalue weighted by atomic mass is 10.1. The van der Waals surface area contributed by atoms with Crippen molar-refractivity contribution in [1.82, 2.24) is 4.98 Å². The maximum absolute atomic E-state index is 13.8. The molecule has 150 valence electrons. The zero-order valence-corrected chi connectivity index (χ0v) is 14.8. The number of rotatable bonds is 4. The highest BCUT2D eigenvalue weighted by Crippen LogP contribution is 2.37. The lowest BCUT2D eigenvalue weighted by Gasteiger charge is -2.16. The molecule has 0 saturated carbocycles. The average Bonchev–Trinajstić information content (AvgIpc) is 2.63. The van der Waals surface area contributed by atoms with Crippen LogP contribution in [-0.4, -0.2) is 10.9 Å². The number of carbonyl (C=O) groups excluding carboxylic acids is 1. The smallest absolute Gasteiger partial charge is 0.417 e. The van der Waals surface area contributed by atoms with Crippen LogP contribution in [0.25, 0.3) is 0 Å². The fraction of sp³-hybridized carbons (Fsp3) is 0.100. The minimum absolute atomic E-state index is 0.166. The van der Waals surface area contributed by atoms with Crippen LogP contribution in [0, 0.1) is 18.6 Å². The van der Waals surface area contributed by atoms with Crippen LogP contribution < -0.4 is 10.1 Å².